The maximum absolute atomic E-state index is 10.9. The molecule has 2 atom stereocenters. The largest absolute Gasteiger partial charge is 0.409 e. The third kappa shape index (κ3) is 8.82. The summed E-state index contributed by atoms with van der Waals surface area (Å²) in [6, 6.07) is 0. The molecule has 1 fully saturated rings. The molecule has 0 aromatic carbocycles. The summed E-state index contributed by atoms with van der Waals surface area (Å²) in [5, 5.41) is 9.99. The quantitative estimate of drug-likeness (QED) is 0.427. The molecule has 0 radical (unpaired) electrons. The Hall–Kier alpha value is -0.210. The van der Waals surface area contributed by atoms with Gasteiger partial charge in [0, 0.05) is 6.61 Å². The van der Waals surface area contributed by atoms with Crippen LogP contribution in [0.25, 0.3) is 0 Å². The maximum Gasteiger partial charge on any atom is 0.409 e. The molecule has 1 aliphatic heterocycles. The average Bonchev–Trinajstić information content (AvgIpc) is 2.51. The molecule has 1 rings (SSSR count). The first-order chi connectivity index (χ1) is 11.8. The van der Waals surface area contributed by atoms with Crippen LogP contribution in [0.3, 0.4) is 0 Å². The number of hydrogen-bond acceptors (Lipinski definition) is 6. The Morgan fingerprint density at radius 3 is 1.96 bits per heavy atom. The average molecular weight is 381 g/mol. The fourth-order valence-corrected chi connectivity index (χ4v) is 4.03. The molecule has 6 nitrogen and oxygen atoms in total. The number of aliphatic hydroxyl groups is 1. The zero-order valence-corrected chi connectivity index (χ0v) is 16.9. The van der Waals surface area contributed by atoms with Gasteiger partial charge < -0.3 is 9.84 Å². The SMILES string of the molecule is CCCCCCCC(C)CCCCCC(OCC)C1(O)OS(=O)(=O)O1. The van der Waals surface area contributed by atoms with Crippen molar-refractivity contribution in [1.82, 2.24) is 0 Å². The molecule has 1 heterocycles. The van der Waals surface area contributed by atoms with Gasteiger partial charge in [0.25, 0.3) is 0 Å². The molecule has 0 aromatic heterocycles. The van der Waals surface area contributed by atoms with E-state index in [1.54, 1.807) is 6.92 Å². The van der Waals surface area contributed by atoms with E-state index in [4.69, 9.17) is 4.74 Å². The molecule has 0 aromatic rings. The monoisotopic (exact) mass is 380 g/mol. The van der Waals surface area contributed by atoms with Crippen LogP contribution in [0.5, 0.6) is 0 Å². The zero-order valence-electron chi connectivity index (χ0n) is 16.0. The van der Waals surface area contributed by atoms with E-state index in [0.717, 1.165) is 25.2 Å². The smallest absolute Gasteiger partial charge is 0.370 e. The first-order valence-corrected chi connectivity index (χ1v) is 11.2. The van der Waals surface area contributed by atoms with E-state index in [-0.39, 0.29) is 0 Å². The number of rotatable bonds is 15. The van der Waals surface area contributed by atoms with Crippen molar-refractivity contribution in [2.75, 3.05) is 6.61 Å². The standard InChI is InChI=1S/C18H36O6S/c1-4-6-7-8-10-13-16(3)14-11-9-12-15-17(22-5-2)18(19)23-25(20,21)24-18/h16-17,19H,4-15H2,1-3H3. The van der Waals surface area contributed by atoms with Crippen LogP contribution in [0.2, 0.25) is 0 Å². The summed E-state index contributed by atoms with van der Waals surface area (Å²) < 4.78 is 36.2. The second kappa shape index (κ2) is 11.5. The summed E-state index contributed by atoms with van der Waals surface area (Å²) in [5.41, 5.74) is 0. The summed E-state index contributed by atoms with van der Waals surface area (Å²) in [6.45, 7) is 6.69. The van der Waals surface area contributed by atoms with Crippen molar-refractivity contribution < 1.29 is 26.6 Å². The fourth-order valence-electron chi connectivity index (χ4n) is 3.22. The first-order valence-electron chi connectivity index (χ1n) is 9.83. The Labute approximate surface area is 153 Å². The predicted molar refractivity (Wildman–Crippen MR) is 97.1 cm³/mol. The van der Waals surface area contributed by atoms with Crippen LogP contribution in [-0.2, 0) is 23.5 Å². The normalized spacial score (nSPS) is 20.8. The molecule has 2 unspecified atom stereocenters. The highest BCUT2D eigenvalue weighted by molar-refractivity contribution is 7.82. The van der Waals surface area contributed by atoms with E-state index in [1.165, 1.54) is 44.9 Å². The van der Waals surface area contributed by atoms with Gasteiger partial charge in [0.2, 0.25) is 0 Å². The summed E-state index contributed by atoms with van der Waals surface area (Å²) in [6.07, 6.45) is 11.9. The molecule has 25 heavy (non-hydrogen) atoms. The minimum absolute atomic E-state index is 0.356. The Morgan fingerprint density at radius 2 is 1.44 bits per heavy atom. The third-order valence-electron chi connectivity index (χ3n) is 4.68. The molecule has 0 aliphatic carbocycles. The van der Waals surface area contributed by atoms with Crippen molar-refractivity contribution in [3.05, 3.63) is 0 Å². The van der Waals surface area contributed by atoms with Crippen molar-refractivity contribution in [2.24, 2.45) is 5.92 Å². The molecule has 0 spiro atoms. The van der Waals surface area contributed by atoms with Gasteiger partial charge in [-0.3, -0.25) is 0 Å². The summed E-state index contributed by atoms with van der Waals surface area (Å²) in [4.78, 5) is 0. The van der Waals surface area contributed by atoms with Crippen LogP contribution in [0.1, 0.15) is 91.4 Å². The van der Waals surface area contributed by atoms with Crippen LogP contribution < -0.4 is 0 Å². The van der Waals surface area contributed by atoms with E-state index in [1.807, 2.05) is 0 Å². The van der Waals surface area contributed by atoms with E-state index >= 15 is 0 Å². The van der Waals surface area contributed by atoms with E-state index < -0.39 is 22.5 Å². The van der Waals surface area contributed by atoms with Crippen molar-refractivity contribution >= 4 is 10.4 Å². The van der Waals surface area contributed by atoms with Crippen LogP contribution in [0, 0.1) is 5.92 Å². The van der Waals surface area contributed by atoms with Gasteiger partial charge in [-0.1, -0.05) is 78.1 Å². The van der Waals surface area contributed by atoms with Crippen molar-refractivity contribution in [3.8, 4) is 0 Å². The third-order valence-corrected chi connectivity index (χ3v) is 5.57. The topological polar surface area (TPSA) is 82.1 Å². The molecule has 0 saturated carbocycles. The molecular weight excluding hydrogens is 344 g/mol. The van der Waals surface area contributed by atoms with Gasteiger partial charge in [-0.25, -0.2) is 0 Å². The highest BCUT2D eigenvalue weighted by Crippen LogP contribution is 2.35. The number of ether oxygens (including phenoxy) is 1. The number of unbranched alkanes of at least 4 members (excludes halogenated alkanes) is 6. The Kier molecular flexibility index (Phi) is 10.5. The summed E-state index contributed by atoms with van der Waals surface area (Å²) in [5.74, 6) is -1.40. The lowest BCUT2D eigenvalue weighted by Gasteiger charge is -2.39. The second-order valence-electron chi connectivity index (χ2n) is 7.10. The number of hydrogen-bond donors (Lipinski definition) is 1. The molecular formula is C18H36O6S. The highest BCUT2D eigenvalue weighted by atomic mass is 32.3. The first kappa shape index (κ1) is 22.8. The van der Waals surface area contributed by atoms with Crippen molar-refractivity contribution in [1.29, 1.82) is 0 Å². The molecule has 150 valence electrons. The van der Waals surface area contributed by atoms with Crippen molar-refractivity contribution in [3.63, 3.8) is 0 Å². The summed E-state index contributed by atoms with van der Waals surface area (Å²) >= 11 is 0. The lowest BCUT2D eigenvalue weighted by atomic mass is 9.96. The Bertz CT molecular complexity index is 438. The van der Waals surface area contributed by atoms with Gasteiger partial charge in [0.1, 0.15) is 6.10 Å². The van der Waals surface area contributed by atoms with Crippen LogP contribution in [0.15, 0.2) is 0 Å². The van der Waals surface area contributed by atoms with Crippen LogP contribution in [0.4, 0.5) is 0 Å². The van der Waals surface area contributed by atoms with Gasteiger partial charge in [0.05, 0.1) is 0 Å². The van der Waals surface area contributed by atoms with Gasteiger partial charge in [-0.15, -0.1) is 0 Å². The minimum Gasteiger partial charge on any atom is -0.370 e. The Balaban J connectivity index is 2.12. The molecule has 1 saturated heterocycles. The van der Waals surface area contributed by atoms with Crippen LogP contribution in [-0.4, -0.2) is 32.2 Å². The lowest BCUT2D eigenvalue weighted by Crippen LogP contribution is -2.59. The zero-order chi connectivity index (χ0) is 18.8. The van der Waals surface area contributed by atoms with Gasteiger partial charge in [0.15, 0.2) is 0 Å². The molecule has 1 N–H and O–H groups in total. The second-order valence-corrected chi connectivity index (χ2v) is 8.25. The maximum atomic E-state index is 10.9. The Morgan fingerprint density at radius 1 is 0.920 bits per heavy atom. The minimum atomic E-state index is -4.04. The lowest BCUT2D eigenvalue weighted by molar-refractivity contribution is -0.372. The molecule has 0 amide bonds. The van der Waals surface area contributed by atoms with Gasteiger partial charge >= 0.3 is 16.4 Å². The van der Waals surface area contributed by atoms with E-state index in [9.17, 15) is 13.5 Å². The highest BCUT2D eigenvalue weighted by Gasteiger charge is 2.57. The van der Waals surface area contributed by atoms with E-state index in [2.05, 4.69) is 22.2 Å². The molecule has 0 bridgehead atoms. The van der Waals surface area contributed by atoms with Gasteiger partial charge in [-0.2, -0.15) is 16.8 Å². The van der Waals surface area contributed by atoms with Crippen molar-refractivity contribution in [2.45, 2.75) is 103 Å². The van der Waals surface area contributed by atoms with Crippen LogP contribution >= 0.6 is 0 Å². The fraction of sp³-hybridized carbons (Fsp3) is 1.00. The molecule has 1 aliphatic rings. The predicted octanol–water partition coefficient (Wildman–Crippen LogP) is 4.28. The van der Waals surface area contributed by atoms with Gasteiger partial charge in [-0.05, 0) is 19.3 Å². The molecule has 7 heteroatoms. The van der Waals surface area contributed by atoms with E-state index in [0.29, 0.717) is 13.0 Å². The summed E-state index contributed by atoms with van der Waals surface area (Å²) in [7, 11) is -4.04.